The lowest BCUT2D eigenvalue weighted by atomic mass is 9.92. The Labute approximate surface area is 146 Å². The predicted octanol–water partition coefficient (Wildman–Crippen LogP) is 3.87. The van der Waals surface area contributed by atoms with Gasteiger partial charge < -0.3 is 5.11 Å². The third kappa shape index (κ3) is 2.89. The van der Waals surface area contributed by atoms with Gasteiger partial charge in [-0.3, -0.25) is 14.7 Å². The van der Waals surface area contributed by atoms with Gasteiger partial charge in [0.2, 0.25) is 0 Å². The summed E-state index contributed by atoms with van der Waals surface area (Å²) in [6, 6.07) is 18.0. The molecule has 2 heterocycles. The molecular weight excluding hydrogens is 312 g/mol. The molecule has 4 heteroatoms. The molecule has 0 saturated carbocycles. The Balaban J connectivity index is 1.90. The Morgan fingerprint density at radius 1 is 1.08 bits per heavy atom. The third-order valence-corrected chi connectivity index (χ3v) is 5.05. The second-order valence-electron chi connectivity index (χ2n) is 6.49. The van der Waals surface area contributed by atoms with Crippen LogP contribution in [-0.2, 0) is 4.79 Å². The first-order chi connectivity index (χ1) is 12.3. The van der Waals surface area contributed by atoms with Gasteiger partial charge in [-0.05, 0) is 46.9 Å². The van der Waals surface area contributed by atoms with Gasteiger partial charge >= 0.3 is 5.97 Å². The van der Waals surface area contributed by atoms with E-state index in [0.29, 0.717) is 6.42 Å². The van der Waals surface area contributed by atoms with Gasteiger partial charge in [0, 0.05) is 18.9 Å². The SMILES string of the molecule is O=C(O)C1CCCN1C(c1ccncc1)c1cccc2ccccc12. The summed E-state index contributed by atoms with van der Waals surface area (Å²) in [6.45, 7) is 0.785. The fourth-order valence-corrected chi connectivity index (χ4v) is 3.95. The molecule has 3 aromatic rings. The summed E-state index contributed by atoms with van der Waals surface area (Å²) in [5.74, 6) is -0.739. The molecule has 4 rings (SSSR count). The van der Waals surface area contributed by atoms with E-state index in [-0.39, 0.29) is 6.04 Å². The number of hydrogen-bond acceptors (Lipinski definition) is 3. The molecule has 2 atom stereocenters. The average molecular weight is 332 g/mol. The number of hydrogen-bond donors (Lipinski definition) is 1. The van der Waals surface area contributed by atoms with Gasteiger partial charge in [-0.15, -0.1) is 0 Å². The summed E-state index contributed by atoms with van der Waals surface area (Å²) in [4.78, 5) is 18.0. The van der Waals surface area contributed by atoms with Crippen molar-refractivity contribution in [2.75, 3.05) is 6.54 Å². The van der Waals surface area contributed by atoms with Crippen LogP contribution in [0, 0.1) is 0 Å². The van der Waals surface area contributed by atoms with Gasteiger partial charge in [-0.1, -0.05) is 42.5 Å². The summed E-state index contributed by atoms with van der Waals surface area (Å²) in [5, 5.41) is 12.0. The van der Waals surface area contributed by atoms with E-state index in [1.807, 2.05) is 24.3 Å². The zero-order chi connectivity index (χ0) is 17.2. The Bertz CT molecular complexity index is 889. The number of pyridine rings is 1. The smallest absolute Gasteiger partial charge is 0.320 e. The van der Waals surface area contributed by atoms with E-state index >= 15 is 0 Å². The van der Waals surface area contributed by atoms with Crippen LogP contribution < -0.4 is 0 Å². The highest BCUT2D eigenvalue weighted by Crippen LogP contribution is 2.37. The summed E-state index contributed by atoms with van der Waals surface area (Å²) in [5.41, 5.74) is 2.23. The number of rotatable bonds is 4. The maximum absolute atomic E-state index is 11.8. The minimum Gasteiger partial charge on any atom is -0.480 e. The normalized spacial score (nSPS) is 19.1. The second-order valence-corrected chi connectivity index (χ2v) is 6.49. The Kier molecular flexibility index (Phi) is 4.20. The fraction of sp³-hybridized carbons (Fsp3) is 0.238. The van der Waals surface area contributed by atoms with Crippen LogP contribution in [0.1, 0.15) is 30.0 Å². The van der Waals surface area contributed by atoms with Crippen LogP contribution in [0.15, 0.2) is 67.0 Å². The molecule has 1 fully saturated rings. The van der Waals surface area contributed by atoms with Crippen molar-refractivity contribution < 1.29 is 9.90 Å². The number of nitrogens with zero attached hydrogens (tertiary/aromatic N) is 2. The van der Waals surface area contributed by atoms with Gasteiger partial charge in [0.1, 0.15) is 6.04 Å². The molecule has 1 aromatic heterocycles. The fourth-order valence-electron chi connectivity index (χ4n) is 3.95. The molecule has 0 spiro atoms. The number of benzene rings is 2. The Morgan fingerprint density at radius 2 is 1.84 bits per heavy atom. The zero-order valence-electron chi connectivity index (χ0n) is 13.9. The standard InChI is InChI=1S/C21H20N2O2/c24-21(25)19-9-4-14-23(19)20(16-10-12-22-13-11-16)18-8-3-6-15-5-1-2-7-17(15)18/h1-3,5-8,10-13,19-20H,4,9,14H2,(H,24,25). The van der Waals surface area contributed by atoms with Crippen LogP contribution in [0.25, 0.3) is 10.8 Å². The average Bonchev–Trinajstić information content (AvgIpc) is 3.13. The first-order valence-corrected chi connectivity index (χ1v) is 8.62. The topological polar surface area (TPSA) is 53.4 Å². The summed E-state index contributed by atoms with van der Waals surface area (Å²) < 4.78 is 0. The van der Waals surface area contributed by atoms with E-state index in [9.17, 15) is 9.90 Å². The molecule has 126 valence electrons. The lowest BCUT2D eigenvalue weighted by Gasteiger charge is -2.32. The van der Waals surface area contributed by atoms with Crippen LogP contribution in [0.3, 0.4) is 0 Å². The number of likely N-dealkylation sites (tertiary alicyclic amines) is 1. The maximum atomic E-state index is 11.8. The van der Waals surface area contributed by atoms with Crippen molar-refractivity contribution in [2.24, 2.45) is 0 Å². The van der Waals surface area contributed by atoms with Crippen molar-refractivity contribution in [3.63, 3.8) is 0 Å². The van der Waals surface area contributed by atoms with Gasteiger partial charge in [0.05, 0.1) is 6.04 Å². The minimum absolute atomic E-state index is 0.0855. The first-order valence-electron chi connectivity index (χ1n) is 8.62. The van der Waals surface area contributed by atoms with E-state index in [1.54, 1.807) is 12.4 Å². The van der Waals surface area contributed by atoms with Crippen LogP contribution in [0.5, 0.6) is 0 Å². The van der Waals surface area contributed by atoms with Crippen molar-refractivity contribution in [1.82, 2.24) is 9.88 Å². The number of carboxylic acids is 1. The minimum atomic E-state index is -0.739. The van der Waals surface area contributed by atoms with Crippen LogP contribution in [0.4, 0.5) is 0 Å². The molecule has 2 aromatic carbocycles. The van der Waals surface area contributed by atoms with Crippen molar-refractivity contribution >= 4 is 16.7 Å². The molecule has 4 nitrogen and oxygen atoms in total. The highest BCUT2D eigenvalue weighted by molar-refractivity contribution is 5.86. The number of fused-ring (bicyclic) bond motifs is 1. The summed E-state index contributed by atoms with van der Waals surface area (Å²) in [7, 11) is 0. The van der Waals surface area contributed by atoms with E-state index in [0.717, 1.165) is 24.1 Å². The van der Waals surface area contributed by atoms with E-state index in [4.69, 9.17) is 0 Å². The molecule has 0 radical (unpaired) electrons. The zero-order valence-corrected chi connectivity index (χ0v) is 13.9. The van der Waals surface area contributed by atoms with Crippen molar-refractivity contribution in [2.45, 2.75) is 24.9 Å². The van der Waals surface area contributed by atoms with Crippen LogP contribution in [-0.4, -0.2) is 33.5 Å². The Morgan fingerprint density at radius 3 is 2.64 bits per heavy atom. The maximum Gasteiger partial charge on any atom is 0.320 e. The van der Waals surface area contributed by atoms with Crippen LogP contribution in [0.2, 0.25) is 0 Å². The van der Waals surface area contributed by atoms with E-state index in [1.165, 1.54) is 10.8 Å². The predicted molar refractivity (Wildman–Crippen MR) is 97.4 cm³/mol. The summed E-state index contributed by atoms with van der Waals surface area (Å²) in [6.07, 6.45) is 5.16. The molecule has 1 aliphatic heterocycles. The molecule has 1 aliphatic rings. The van der Waals surface area contributed by atoms with Crippen LogP contribution >= 0.6 is 0 Å². The quantitative estimate of drug-likeness (QED) is 0.788. The monoisotopic (exact) mass is 332 g/mol. The largest absolute Gasteiger partial charge is 0.480 e. The summed E-state index contributed by atoms with van der Waals surface area (Å²) >= 11 is 0. The van der Waals surface area contributed by atoms with Crippen molar-refractivity contribution in [3.05, 3.63) is 78.1 Å². The number of aromatic nitrogens is 1. The third-order valence-electron chi connectivity index (χ3n) is 5.05. The molecule has 25 heavy (non-hydrogen) atoms. The van der Waals surface area contributed by atoms with Gasteiger partial charge in [0.25, 0.3) is 0 Å². The lowest BCUT2D eigenvalue weighted by Crippen LogP contribution is -2.39. The molecule has 2 unspecified atom stereocenters. The van der Waals surface area contributed by atoms with Crippen molar-refractivity contribution in [1.29, 1.82) is 0 Å². The second kappa shape index (κ2) is 6.65. The Hall–Kier alpha value is -2.72. The number of carbonyl (C=O) groups is 1. The van der Waals surface area contributed by atoms with Crippen molar-refractivity contribution in [3.8, 4) is 0 Å². The highest BCUT2D eigenvalue weighted by Gasteiger charge is 2.37. The molecule has 0 bridgehead atoms. The first kappa shape index (κ1) is 15.8. The van der Waals surface area contributed by atoms with Gasteiger partial charge in [0.15, 0.2) is 0 Å². The molecular formula is C21H20N2O2. The number of aliphatic carboxylic acids is 1. The van der Waals surface area contributed by atoms with Gasteiger partial charge in [-0.25, -0.2) is 0 Å². The molecule has 0 aliphatic carbocycles. The number of carboxylic acid groups (broad SMARTS) is 1. The highest BCUT2D eigenvalue weighted by atomic mass is 16.4. The molecule has 0 amide bonds. The lowest BCUT2D eigenvalue weighted by molar-refractivity contribution is -0.142. The van der Waals surface area contributed by atoms with E-state index < -0.39 is 12.0 Å². The molecule has 1 N–H and O–H groups in total. The van der Waals surface area contributed by atoms with E-state index in [2.05, 4.69) is 40.2 Å². The molecule has 1 saturated heterocycles. The van der Waals surface area contributed by atoms with Gasteiger partial charge in [-0.2, -0.15) is 0 Å².